The number of ether oxygens (including phenoxy) is 3. The Kier molecular flexibility index (Phi) is 7.06. The second kappa shape index (κ2) is 9.69. The standard InChI is InChI=1S/C21H19NO6/c1-4-13-28-19-14(9-11-17(26-2)20(19)27-3)10-12-18(23)22-16-8-6-5-7-15(16)21(24)25/h1,5-12H,13H2,2-3H3,(H,22,23)(H,24,25)/b12-10+. The number of carboxylic acids is 1. The van der Waals surface area contributed by atoms with Gasteiger partial charge in [-0.1, -0.05) is 18.1 Å². The maximum Gasteiger partial charge on any atom is 0.337 e. The van der Waals surface area contributed by atoms with Crippen molar-refractivity contribution in [3.63, 3.8) is 0 Å². The largest absolute Gasteiger partial charge is 0.493 e. The maximum atomic E-state index is 12.2. The van der Waals surface area contributed by atoms with Gasteiger partial charge in [0.05, 0.1) is 25.5 Å². The Morgan fingerprint density at radius 2 is 1.89 bits per heavy atom. The number of carbonyl (C=O) groups excluding carboxylic acids is 1. The van der Waals surface area contributed by atoms with Crippen molar-refractivity contribution >= 4 is 23.6 Å². The number of amides is 1. The molecule has 0 fully saturated rings. The minimum atomic E-state index is -1.13. The van der Waals surface area contributed by atoms with Crippen LogP contribution in [0.4, 0.5) is 5.69 Å². The van der Waals surface area contributed by atoms with E-state index in [2.05, 4.69) is 11.2 Å². The number of para-hydroxylation sites is 1. The zero-order chi connectivity index (χ0) is 20.5. The van der Waals surface area contributed by atoms with Gasteiger partial charge in [-0.15, -0.1) is 6.42 Å². The normalized spacial score (nSPS) is 10.2. The van der Waals surface area contributed by atoms with E-state index < -0.39 is 11.9 Å². The molecule has 1 amide bonds. The number of carboxylic acid groups (broad SMARTS) is 1. The van der Waals surface area contributed by atoms with Gasteiger partial charge in [-0.05, 0) is 30.3 Å². The van der Waals surface area contributed by atoms with Crippen LogP contribution in [-0.4, -0.2) is 37.8 Å². The van der Waals surface area contributed by atoms with E-state index in [0.29, 0.717) is 22.8 Å². The first kappa shape index (κ1) is 20.4. The first-order valence-corrected chi connectivity index (χ1v) is 8.14. The van der Waals surface area contributed by atoms with Crippen molar-refractivity contribution in [3.8, 4) is 29.6 Å². The topological polar surface area (TPSA) is 94.1 Å². The smallest absolute Gasteiger partial charge is 0.337 e. The molecule has 0 radical (unpaired) electrons. The Hall–Kier alpha value is -3.92. The van der Waals surface area contributed by atoms with Crippen LogP contribution >= 0.6 is 0 Å². The summed E-state index contributed by atoms with van der Waals surface area (Å²) >= 11 is 0. The van der Waals surface area contributed by atoms with Crippen LogP contribution in [-0.2, 0) is 4.79 Å². The minimum absolute atomic E-state index is 0.00253. The molecule has 0 bridgehead atoms. The lowest BCUT2D eigenvalue weighted by Crippen LogP contribution is -2.11. The number of aromatic carboxylic acids is 1. The number of hydrogen-bond donors (Lipinski definition) is 2. The number of anilines is 1. The number of terminal acetylenes is 1. The molecular formula is C21H19NO6. The van der Waals surface area contributed by atoms with E-state index in [9.17, 15) is 14.7 Å². The average molecular weight is 381 g/mol. The number of methoxy groups -OCH3 is 2. The monoisotopic (exact) mass is 381 g/mol. The summed E-state index contributed by atoms with van der Waals surface area (Å²) in [5.74, 6) is 1.85. The van der Waals surface area contributed by atoms with Crippen molar-refractivity contribution in [1.29, 1.82) is 0 Å². The highest BCUT2D eigenvalue weighted by molar-refractivity contribution is 6.06. The molecule has 0 saturated carbocycles. The molecule has 2 aromatic carbocycles. The summed E-state index contributed by atoms with van der Waals surface area (Å²) in [7, 11) is 2.95. The SMILES string of the molecule is C#CCOc1c(/C=C/C(=O)Nc2ccccc2C(=O)O)ccc(OC)c1OC. The van der Waals surface area contributed by atoms with Crippen molar-refractivity contribution < 1.29 is 28.9 Å². The van der Waals surface area contributed by atoms with Gasteiger partial charge in [-0.3, -0.25) is 4.79 Å². The highest BCUT2D eigenvalue weighted by atomic mass is 16.5. The summed E-state index contributed by atoms with van der Waals surface area (Å²) in [5, 5.41) is 11.7. The third-order valence-electron chi connectivity index (χ3n) is 3.66. The van der Waals surface area contributed by atoms with E-state index in [0.717, 1.165) is 0 Å². The van der Waals surface area contributed by atoms with Crippen LogP contribution in [0, 0.1) is 12.3 Å². The number of hydrogen-bond acceptors (Lipinski definition) is 5. The third kappa shape index (κ3) is 4.83. The average Bonchev–Trinajstić information content (AvgIpc) is 2.70. The predicted molar refractivity (Wildman–Crippen MR) is 105 cm³/mol. The van der Waals surface area contributed by atoms with Gasteiger partial charge in [0.25, 0.3) is 0 Å². The zero-order valence-electron chi connectivity index (χ0n) is 15.4. The second-order valence-electron chi connectivity index (χ2n) is 5.39. The summed E-state index contributed by atoms with van der Waals surface area (Å²) in [4.78, 5) is 23.5. The molecule has 2 aromatic rings. The molecule has 0 heterocycles. The van der Waals surface area contributed by atoms with Crippen molar-refractivity contribution in [2.45, 2.75) is 0 Å². The molecule has 0 saturated heterocycles. The Bertz CT molecular complexity index is 942. The lowest BCUT2D eigenvalue weighted by Gasteiger charge is -2.15. The molecule has 0 aliphatic carbocycles. The van der Waals surface area contributed by atoms with E-state index in [1.165, 1.54) is 38.5 Å². The van der Waals surface area contributed by atoms with Crippen LogP contribution < -0.4 is 19.5 Å². The van der Waals surface area contributed by atoms with E-state index in [-0.39, 0.29) is 17.9 Å². The summed E-state index contributed by atoms with van der Waals surface area (Å²) in [6, 6.07) is 9.47. The van der Waals surface area contributed by atoms with Gasteiger partial charge in [0.15, 0.2) is 11.5 Å². The van der Waals surface area contributed by atoms with Gasteiger partial charge in [0, 0.05) is 11.6 Å². The van der Waals surface area contributed by atoms with Crippen molar-refractivity contribution in [2.24, 2.45) is 0 Å². The summed E-state index contributed by atoms with van der Waals surface area (Å²) in [6.45, 7) is 0.00253. The first-order valence-electron chi connectivity index (χ1n) is 8.14. The first-order chi connectivity index (χ1) is 13.5. The van der Waals surface area contributed by atoms with Crippen LogP contribution in [0.2, 0.25) is 0 Å². The molecular weight excluding hydrogens is 362 g/mol. The molecule has 7 nitrogen and oxygen atoms in total. The van der Waals surface area contributed by atoms with E-state index in [1.54, 1.807) is 24.3 Å². The number of benzene rings is 2. The lowest BCUT2D eigenvalue weighted by atomic mass is 10.1. The number of carbonyl (C=O) groups is 2. The molecule has 0 aliphatic rings. The van der Waals surface area contributed by atoms with Crippen LogP contribution in [0.3, 0.4) is 0 Å². The Morgan fingerprint density at radius 1 is 1.14 bits per heavy atom. The molecule has 0 unspecified atom stereocenters. The number of nitrogens with one attached hydrogen (secondary N) is 1. The van der Waals surface area contributed by atoms with Crippen molar-refractivity contribution in [1.82, 2.24) is 0 Å². The van der Waals surface area contributed by atoms with Gasteiger partial charge in [-0.2, -0.15) is 0 Å². The highest BCUT2D eigenvalue weighted by Gasteiger charge is 2.16. The molecule has 0 aliphatic heterocycles. The molecule has 2 rings (SSSR count). The highest BCUT2D eigenvalue weighted by Crippen LogP contribution is 2.40. The minimum Gasteiger partial charge on any atom is -0.493 e. The quantitative estimate of drug-likeness (QED) is 0.539. The predicted octanol–water partition coefficient (Wildman–Crippen LogP) is 3.07. The Labute approximate surface area is 162 Å². The van der Waals surface area contributed by atoms with Crippen molar-refractivity contribution in [3.05, 3.63) is 53.6 Å². The van der Waals surface area contributed by atoms with Crippen LogP contribution in [0.5, 0.6) is 17.2 Å². The summed E-state index contributed by atoms with van der Waals surface area (Å²) in [6.07, 6.45) is 8.02. The summed E-state index contributed by atoms with van der Waals surface area (Å²) < 4.78 is 16.1. The van der Waals surface area contributed by atoms with Gasteiger partial charge < -0.3 is 24.6 Å². The summed E-state index contributed by atoms with van der Waals surface area (Å²) in [5.41, 5.74) is 0.726. The molecule has 0 spiro atoms. The maximum absolute atomic E-state index is 12.2. The van der Waals surface area contributed by atoms with Gasteiger partial charge in [0.2, 0.25) is 11.7 Å². The van der Waals surface area contributed by atoms with Crippen LogP contribution in [0.15, 0.2) is 42.5 Å². The fraction of sp³-hybridized carbons (Fsp3) is 0.143. The second-order valence-corrected chi connectivity index (χ2v) is 5.39. The fourth-order valence-corrected chi connectivity index (χ4v) is 2.43. The molecule has 7 heteroatoms. The molecule has 0 aromatic heterocycles. The zero-order valence-corrected chi connectivity index (χ0v) is 15.4. The molecule has 2 N–H and O–H groups in total. The van der Waals surface area contributed by atoms with Gasteiger partial charge >= 0.3 is 5.97 Å². The van der Waals surface area contributed by atoms with Gasteiger partial charge in [-0.25, -0.2) is 4.79 Å². The van der Waals surface area contributed by atoms with E-state index in [1.807, 2.05) is 0 Å². The van der Waals surface area contributed by atoms with Crippen molar-refractivity contribution in [2.75, 3.05) is 26.1 Å². The Morgan fingerprint density at radius 3 is 2.54 bits per heavy atom. The third-order valence-corrected chi connectivity index (χ3v) is 3.66. The Balaban J connectivity index is 2.29. The molecule has 0 atom stereocenters. The molecule has 144 valence electrons. The lowest BCUT2D eigenvalue weighted by molar-refractivity contribution is -0.111. The van der Waals surface area contributed by atoms with E-state index >= 15 is 0 Å². The molecule has 28 heavy (non-hydrogen) atoms. The van der Waals surface area contributed by atoms with Gasteiger partial charge in [0.1, 0.15) is 6.61 Å². The fourth-order valence-electron chi connectivity index (χ4n) is 2.43. The number of rotatable bonds is 8. The van der Waals surface area contributed by atoms with Crippen LogP contribution in [0.25, 0.3) is 6.08 Å². The van der Waals surface area contributed by atoms with Crippen LogP contribution in [0.1, 0.15) is 15.9 Å². The van der Waals surface area contributed by atoms with E-state index in [4.69, 9.17) is 20.6 Å².